The van der Waals surface area contributed by atoms with Gasteiger partial charge in [-0.15, -0.1) is 0 Å². The molecule has 3 heterocycles. The molecule has 1 aromatic heterocycles. The number of nitrogens with one attached hydrogen (secondary N) is 1. The summed E-state index contributed by atoms with van der Waals surface area (Å²) in [5.74, 6) is 0.453. The molecule has 3 nitrogen and oxygen atoms in total. The van der Waals surface area contributed by atoms with Crippen molar-refractivity contribution < 1.29 is 13.2 Å². The minimum atomic E-state index is -4.38. The van der Waals surface area contributed by atoms with Crippen molar-refractivity contribution in [1.29, 1.82) is 0 Å². The summed E-state index contributed by atoms with van der Waals surface area (Å²) in [5.41, 5.74) is -0.603. The van der Waals surface area contributed by atoms with Crippen LogP contribution in [-0.2, 0) is 6.18 Å². The van der Waals surface area contributed by atoms with Crippen molar-refractivity contribution in [2.24, 2.45) is 5.41 Å². The quantitative estimate of drug-likeness (QED) is 0.864. The SMILES string of the molecule is FC(F)(F)c1cccc(N2CCCC3(CCCNC3)C2)n1. The van der Waals surface area contributed by atoms with E-state index in [2.05, 4.69) is 10.3 Å². The average Bonchev–Trinajstić information content (AvgIpc) is 2.47. The van der Waals surface area contributed by atoms with Gasteiger partial charge in [0.1, 0.15) is 11.5 Å². The lowest BCUT2D eigenvalue weighted by molar-refractivity contribution is -0.141. The van der Waals surface area contributed by atoms with Gasteiger partial charge in [0.25, 0.3) is 0 Å². The first-order valence-electron chi connectivity index (χ1n) is 7.49. The Labute approximate surface area is 122 Å². The Morgan fingerprint density at radius 3 is 2.71 bits per heavy atom. The number of hydrogen-bond acceptors (Lipinski definition) is 3. The summed E-state index contributed by atoms with van der Waals surface area (Å²) in [5, 5.41) is 3.43. The topological polar surface area (TPSA) is 28.2 Å². The van der Waals surface area contributed by atoms with Gasteiger partial charge in [0, 0.05) is 25.0 Å². The zero-order valence-electron chi connectivity index (χ0n) is 11.9. The van der Waals surface area contributed by atoms with Gasteiger partial charge in [-0.25, -0.2) is 4.98 Å². The zero-order chi connectivity index (χ0) is 14.9. The van der Waals surface area contributed by atoms with Crippen LogP contribution in [0.25, 0.3) is 0 Å². The Morgan fingerprint density at radius 1 is 1.19 bits per heavy atom. The molecule has 1 atom stereocenters. The van der Waals surface area contributed by atoms with Gasteiger partial charge in [0.05, 0.1) is 0 Å². The van der Waals surface area contributed by atoms with Crippen molar-refractivity contribution in [1.82, 2.24) is 10.3 Å². The Balaban J connectivity index is 1.80. The van der Waals surface area contributed by atoms with Crippen molar-refractivity contribution in [3.05, 3.63) is 23.9 Å². The summed E-state index contributed by atoms with van der Waals surface area (Å²) in [6.45, 7) is 3.59. The second-order valence-electron chi connectivity index (χ2n) is 6.18. The van der Waals surface area contributed by atoms with Gasteiger partial charge in [-0.3, -0.25) is 0 Å². The smallest absolute Gasteiger partial charge is 0.356 e. The molecule has 1 unspecified atom stereocenters. The number of nitrogens with zero attached hydrogens (tertiary/aromatic N) is 2. The third kappa shape index (κ3) is 3.15. The predicted octanol–water partition coefficient (Wildman–Crippen LogP) is 3.07. The Hall–Kier alpha value is -1.30. The van der Waals surface area contributed by atoms with E-state index in [1.807, 2.05) is 4.90 Å². The fourth-order valence-corrected chi connectivity index (χ4v) is 3.54. The molecule has 0 saturated carbocycles. The van der Waals surface area contributed by atoms with E-state index in [9.17, 15) is 13.2 Å². The number of piperidine rings is 2. The van der Waals surface area contributed by atoms with Crippen LogP contribution < -0.4 is 10.2 Å². The first-order valence-corrected chi connectivity index (χ1v) is 7.49. The first-order chi connectivity index (χ1) is 9.99. The molecule has 1 aromatic rings. The lowest BCUT2D eigenvalue weighted by Gasteiger charge is -2.45. The molecule has 0 aliphatic carbocycles. The van der Waals surface area contributed by atoms with E-state index in [1.54, 1.807) is 6.07 Å². The van der Waals surface area contributed by atoms with Crippen LogP contribution in [0.5, 0.6) is 0 Å². The highest BCUT2D eigenvalue weighted by atomic mass is 19.4. The second-order valence-corrected chi connectivity index (χ2v) is 6.18. The zero-order valence-corrected chi connectivity index (χ0v) is 11.9. The van der Waals surface area contributed by atoms with E-state index >= 15 is 0 Å². The maximum absolute atomic E-state index is 12.8. The Bertz CT molecular complexity index is 490. The highest BCUT2D eigenvalue weighted by Crippen LogP contribution is 2.37. The summed E-state index contributed by atoms with van der Waals surface area (Å²) in [4.78, 5) is 5.85. The molecule has 116 valence electrons. The number of aromatic nitrogens is 1. The summed E-state index contributed by atoms with van der Waals surface area (Å²) >= 11 is 0. The van der Waals surface area contributed by atoms with Crippen LogP contribution in [0.4, 0.5) is 19.0 Å². The average molecular weight is 299 g/mol. The van der Waals surface area contributed by atoms with E-state index in [0.29, 0.717) is 5.82 Å². The van der Waals surface area contributed by atoms with Gasteiger partial charge >= 0.3 is 6.18 Å². The van der Waals surface area contributed by atoms with Crippen LogP contribution >= 0.6 is 0 Å². The van der Waals surface area contributed by atoms with E-state index < -0.39 is 11.9 Å². The summed E-state index contributed by atoms with van der Waals surface area (Å²) in [6.07, 6.45) is 0.0737. The maximum atomic E-state index is 12.8. The summed E-state index contributed by atoms with van der Waals surface area (Å²) in [7, 11) is 0. The van der Waals surface area contributed by atoms with Crippen LogP contribution in [-0.4, -0.2) is 31.2 Å². The summed E-state index contributed by atoms with van der Waals surface area (Å²) in [6, 6.07) is 4.17. The van der Waals surface area contributed by atoms with Gasteiger partial charge < -0.3 is 10.2 Å². The van der Waals surface area contributed by atoms with Crippen LogP contribution in [0.1, 0.15) is 31.4 Å². The first kappa shape index (κ1) is 14.6. The van der Waals surface area contributed by atoms with Gasteiger partial charge in [0.2, 0.25) is 0 Å². The Morgan fingerprint density at radius 2 is 2.00 bits per heavy atom. The minimum absolute atomic E-state index is 0.201. The molecule has 0 aromatic carbocycles. The molecule has 2 aliphatic rings. The molecule has 0 bridgehead atoms. The van der Waals surface area contributed by atoms with Gasteiger partial charge in [-0.05, 0) is 44.4 Å². The van der Waals surface area contributed by atoms with Gasteiger partial charge in [-0.2, -0.15) is 13.2 Å². The normalized spacial score (nSPS) is 27.1. The van der Waals surface area contributed by atoms with Crippen LogP contribution in [0.15, 0.2) is 18.2 Å². The fourth-order valence-electron chi connectivity index (χ4n) is 3.54. The monoisotopic (exact) mass is 299 g/mol. The molecule has 1 spiro atoms. The third-order valence-electron chi connectivity index (χ3n) is 4.57. The van der Waals surface area contributed by atoms with Gasteiger partial charge in [0.15, 0.2) is 0 Å². The van der Waals surface area contributed by atoms with E-state index in [1.165, 1.54) is 6.07 Å². The predicted molar refractivity (Wildman–Crippen MR) is 75.2 cm³/mol. The largest absolute Gasteiger partial charge is 0.433 e. The van der Waals surface area contributed by atoms with Crippen molar-refractivity contribution in [3.63, 3.8) is 0 Å². The lowest BCUT2D eigenvalue weighted by Crippen LogP contribution is -2.51. The number of hydrogen-bond donors (Lipinski definition) is 1. The van der Waals surface area contributed by atoms with Crippen molar-refractivity contribution in [2.75, 3.05) is 31.1 Å². The van der Waals surface area contributed by atoms with Crippen molar-refractivity contribution in [2.45, 2.75) is 31.9 Å². The van der Waals surface area contributed by atoms with Crippen LogP contribution in [0.3, 0.4) is 0 Å². The standard InChI is InChI=1S/C15H20F3N3/c16-15(17,18)12-4-1-5-13(20-12)21-9-3-7-14(11-21)6-2-8-19-10-14/h1,4-5,19H,2-3,6-11H2. The molecular formula is C15H20F3N3. The molecule has 0 amide bonds. The second kappa shape index (κ2) is 5.48. The summed E-state index contributed by atoms with van der Waals surface area (Å²) < 4.78 is 38.4. The highest BCUT2D eigenvalue weighted by Gasteiger charge is 2.38. The minimum Gasteiger partial charge on any atom is -0.356 e. The molecule has 0 radical (unpaired) electrons. The molecular weight excluding hydrogens is 279 g/mol. The van der Waals surface area contributed by atoms with E-state index in [0.717, 1.165) is 57.9 Å². The fraction of sp³-hybridized carbons (Fsp3) is 0.667. The highest BCUT2D eigenvalue weighted by molar-refractivity contribution is 5.41. The van der Waals surface area contributed by atoms with Crippen molar-refractivity contribution >= 4 is 5.82 Å². The van der Waals surface area contributed by atoms with E-state index in [4.69, 9.17) is 0 Å². The number of alkyl halides is 3. The molecule has 2 fully saturated rings. The maximum Gasteiger partial charge on any atom is 0.433 e. The lowest BCUT2D eigenvalue weighted by atomic mass is 9.74. The molecule has 2 aliphatic heterocycles. The molecule has 3 rings (SSSR count). The number of anilines is 1. The molecule has 6 heteroatoms. The third-order valence-corrected chi connectivity index (χ3v) is 4.57. The van der Waals surface area contributed by atoms with Crippen LogP contribution in [0.2, 0.25) is 0 Å². The molecule has 2 saturated heterocycles. The van der Waals surface area contributed by atoms with Crippen molar-refractivity contribution in [3.8, 4) is 0 Å². The molecule has 21 heavy (non-hydrogen) atoms. The number of halogens is 3. The van der Waals surface area contributed by atoms with E-state index in [-0.39, 0.29) is 5.41 Å². The van der Waals surface area contributed by atoms with Gasteiger partial charge in [-0.1, -0.05) is 6.07 Å². The Kier molecular flexibility index (Phi) is 3.82. The molecule has 1 N–H and O–H groups in total. The van der Waals surface area contributed by atoms with Crippen LogP contribution in [0, 0.1) is 5.41 Å². The number of pyridine rings is 1. The number of rotatable bonds is 1.